The van der Waals surface area contributed by atoms with Gasteiger partial charge in [0.1, 0.15) is 11.5 Å². The van der Waals surface area contributed by atoms with Gasteiger partial charge in [-0.25, -0.2) is 0 Å². The molecule has 8 aromatic rings. The van der Waals surface area contributed by atoms with Crippen LogP contribution in [0.1, 0.15) is 17.2 Å². The number of aryl methyl sites for hydroxylation is 1. The molecule has 0 saturated heterocycles. The van der Waals surface area contributed by atoms with Crippen molar-refractivity contribution in [3.05, 3.63) is 143 Å². The van der Waals surface area contributed by atoms with Gasteiger partial charge < -0.3 is 20.0 Å². The number of fused-ring (bicyclic) bond motifs is 2. The van der Waals surface area contributed by atoms with Crippen LogP contribution in [-0.4, -0.2) is 25.4 Å². The van der Waals surface area contributed by atoms with Crippen LogP contribution in [0.3, 0.4) is 0 Å². The summed E-state index contributed by atoms with van der Waals surface area (Å²) in [5.41, 5.74) is 7.10. The van der Waals surface area contributed by atoms with Crippen LogP contribution in [0.2, 0.25) is 10.0 Å². The standard InChI is InChI=1S/C19H16ClN3O.C18H15ClN4/c1-12-7-8-14(24-12)11-21-19-16-9-15(13-5-3-2-4-6-13)17(20)10-18(16)22-23-19;19-16-10-17-15(9-14(16)12-5-2-1-3-6-12)18(23-22-17)21-11-13-7-4-8-20-13/h2-10H,11H2,1H3,(H2,21,22,23);1-10,20H,11H2,(H2,21,22,23). The number of nitrogens with one attached hydrogen (secondary N) is 5. The molecule has 0 atom stereocenters. The zero-order valence-electron chi connectivity index (χ0n) is 25.4. The molecule has 5 N–H and O–H groups in total. The summed E-state index contributed by atoms with van der Waals surface area (Å²) in [4.78, 5) is 3.17. The second-order valence-electron chi connectivity index (χ2n) is 11.0. The highest BCUT2D eigenvalue weighted by Crippen LogP contribution is 2.35. The third-order valence-corrected chi connectivity index (χ3v) is 8.43. The predicted octanol–water partition coefficient (Wildman–Crippen LogP) is 10.2. The number of rotatable bonds is 8. The lowest BCUT2D eigenvalue weighted by Crippen LogP contribution is -2.00. The van der Waals surface area contributed by atoms with E-state index in [0.29, 0.717) is 23.1 Å². The van der Waals surface area contributed by atoms with Gasteiger partial charge in [0, 0.05) is 33.8 Å². The number of aromatic amines is 3. The van der Waals surface area contributed by atoms with Crippen LogP contribution in [0, 0.1) is 6.92 Å². The molecule has 0 unspecified atom stereocenters. The molecule has 0 radical (unpaired) electrons. The lowest BCUT2D eigenvalue weighted by Gasteiger charge is -2.06. The molecule has 47 heavy (non-hydrogen) atoms. The second kappa shape index (κ2) is 13.5. The molecule has 0 bridgehead atoms. The molecule has 4 heterocycles. The Morgan fingerprint density at radius 3 is 1.68 bits per heavy atom. The zero-order chi connectivity index (χ0) is 32.2. The van der Waals surface area contributed by atoms with E-state index in [1.165, 1.54) is 0 Å². The van der Waals surface area contributed by atoms with Crippen molar-refractivity contribution in [2.45, 2.75) is 20.0 Å². The van der Waals surface area contributed by atoms with Gasteiger partial charge in [-0.05, 0) is 66.6 Å². The van der Waals surface area contributed by atoms with Crippen LogP contribution in [-0.2, 0) is 13.1 Å². The number of anilines is 2. The number of furan rings is 1. The summed E-state index contributed by atoms with van der Waals surface area (Å²) in [6, 6.07) is 36.1. The fourth-order valence-corrected chi connectivity index (χ4v) is 5.98. The summed E-state index contributed by atoms with van der Waals surface area (Å²) >= 11 is 12.9. The van der Waals surface area contributed by atoms with Crippen LogP contribution < -0.4 is 10.6 Å². The number of hydrogen-bond acceptors (Lipinski definition) is 5. The number of aromatic nitrogens is 5. The highest BCUT2D eigenvalue weighted by Gasteiger charge is 2.13. The van der Waals surface area contributed by atoms with Crippen molar-refractivity contribution in [3.8, 4) is 22.3 Å². The average Bonchev–Trinajstić information content (AvgIpc) is 3.91. The number of nitrogens with zero attached hydrogens (tertiary/aromatic N) is 2. The Bertz CT molecular complexity index is 2240. The van der Waals surface area contributed by atoms with Crippen LogP contribution >= 0.6 is 23.2 Å². The summed E-state index contributed by atoms with van der Waals surface area (Å²) in [5, 5.41) is 24.9. The van der Waals surface area contributed by atoms with E-state index in [0.717, 1.165) is 72.9 Å². The molecule has 0 aliphatic carbocycles. The van der Waals surface area contributed by atoms with Gasteiger partial charge in [-0.2, -0.15) is 10.2 Å². The van der Waals surface area contributed by atoms with Crippen molar-refractivity contribution < 1.29 is 4.42 Å². The fraction of sp³-hybridized carbons (Fsp3) is 0.0811. The van der Waals surface area contributed by atoms with Gasteiger partial charge in [-0.1, -0.05) is 83.9 Å². The van der Waals surface area contributed by atoms with Gasteiger partial charge in [0.15, 0.2) is 11.6 Å². The first-order valence-electron chi connectivity index (χ1n) is 15.1. The fourth-order valence-electron chi connectivity index (χ4n) is 5.43. The molecule has 0 aliphatic rings. The normalized spacial score (nSPS) is 11.0. The molecule has 234 valence electrons. The summed E-state index contributed by atoms with van der Waals surface area (Å²) < 4.78 is 5.58. The van der Waals surface area contributed by atoms with E-state index in [9.17, 15) is 0 Å². The van der Waals surface area contributed by atoms with E-state index in [2.05, 4.69) is 60.3 Å². The topological polar surface area (TPSA) is 110 Å². The first kappa shape index (κ1) is 30.2. The number of hydrogen-bond donors (Lipinski definition) is 5. The monoisotopic (exact) mass is 659 g/mol. The largest absolute Gasteiger partial charge is 0.465 e. The van der Waals surface area contributed by atoms with Crippen molar-refractivity contribution >= 4 is 56.6 Å². The van der Waals surface area contributed by atoms with E-state index >= 15 is 0 Å². The highest BCUT2D eigenvalue weighted by atomic mass is 35.5. The quantitative estimate of drug-likeness (QED) is 0.111. The van der Waals surface area contributed by atoms with Crippen molar-refractivity contribution in [2.75, 3.05) is 10.6 Å². The van der Waals surface area contributed by atoms with Crippen LogP contribution in [0.15, 0.2) is 120 Å². The lowest BCUT2D eigenvalue weighted by molar-refractivity contribution is 0.490. The molecule has 4 aromatic carbocycles. The Hall–Kier alpha value is -5.44. The van der Waals surface area contributed by atoms with E-state index in [1.807, 2.05) is 98.0 Å². The highest BCUT2D eigenvalue weighted by molar-refractivity contribution is 6.34. The molecule has 0 fully saturated rings. The lowest BCUT2D eigenvalue weighted by atomic mass is 10.0. The number of H-pyrrole nitrogens is 3. The number of halogens is 2. The SMILES string of the molecule is Cc1ccc(CNc2n[nH]c3cc(Cl)c(-c4ccccc4)cc23)o1.Clc1cc2[nH]nc(NCc3ccc[nH]3)c2cc1-c1ccccc1. The summed E-state index contributed by atoms with van der Waals surface area (Å²) in [6.45, 7) is 3.20. The molecule has 0 saturated carbocycles. The molecular weight excluding hydrogens is 629 g/mol. The Balaban J connectivity index is 0.000000150. The first-order valence-corrected chi connectivity index (χ1v) is 15.9. The summed E-state index contributed by atoms with van der Waals surface area (Å²) in [5.74, 6) is 3.38. The van der Waals surface area contributed by atoms with Crippen LogP contribution in [0.5, 0.6) is 0 Å². The molecule has 4 aromatic heterocycles. The van der Waals surface area contributed by atoms with Crippen molar-refractivity contribution in [1.82, 2.24) is 25.4 Å². The van der Waals surface area contributed by atoms with E-state index in [-0.39, 0.29) is 0 Å². The molecule has 8 nitrogen and oxygen atoms in total. The zero-order valence-corrected chi connectivity index (χ0v) is 27.0. The Kier molecular flexibility index (Phi) is 8.68. The van der Waals surface area contributed by atoms with Gasteiger partial charge >= 0.3 is 0 Å². The van der Waals surface area contributed by atoms with Gasteiger partial charge in [0.2, 0.25) is 0 Å². The predicted molar refractivity (Wildman–Crippen MR) is 192 cm³/mol. The molecule has 0 aliphatic heterocycles. The third kappa shape index (κ3) is 6.74. The van der Waals surface area contributed by atoms with Crippen molar-refractivity contribution in [1.29, 1.82) is 0 Å². The average molecular weight is 661 g/mol. The van der Waals surface area contributed by atoms with Crippen molar-refractivity contribution in [3.63, 3.8) is 0 Å². The van der Waals surface area contributed by atoms with E-state index in [4.69, 9.17) is 27.6 Å². The molecule has 8 rings (SSSR count). The Morgan fingerprint density at radius 1 is 0.638 bits per heavy atom. The van der Waals surface area contributed by atoms with E-state index < -0.39 is 0 Å². The first-order chi connectivity index (χ1) is 23.0. The second-order valence-corrected chi connectivity index (χ2v) is 11.9. The Morgan fingerprint density at radius 2 is 1.19 bits per heavy atom. The van der Waals surface area contributed by atoms with Crippen LogP contribution in [0.4, 0.5) is 11.6 Å². The molecule has 0 spiro atoms. The third-order valence-electron chi connectivity index (χ3n) is 7.81. The Labute approximate surface area is 281 Å². The maximum absolute atomic E-state index is 6.44. The van der Waals surface area contributed by atoms with Gasteiger partial charge in [-0.15, -0.1) is 0 Å². The van der Waals surface area contributed by atoms with E-state index in [1.54, 1.807) is 0 Å². The minimum absolute atomic E-state index is 0.580. The minimum Gasteiger partial charge on any atom is -0.465 e. The van der Waals surface area contributed by atoms with Crippen molar-refractivity contribution in [2.24, 2.45) is 0 Å². The number of benzene rings is 4. The smallest absolute Gasteiger partial charge is 0.156 e. The van der Waals surface area contributed by atoms with Gasteiger partial charge in [0.25, 0.3) is 0 Å². The summed E-state index contributed by atoms with van der Waals surface area (Å²) in [6.07, 6.45) is 1.91. The molecular formula is C37H31Cl2N7O. The molecule has 10 heteroatoms. The van der Waals surface area contributed by atoms with Crippen LogP contribution in [0.25, 0.3) is 44.1 Å². The van der Waals surface area contributed by atoms with Gasteiger partial charge in [0.05, 0.1) is 34.2 Å². The maximum atomic E-state index is 6.44. The summed E-state index contributed by atoms with van der Waals surface area (Å²) in [7, 11) is 0. The molecule has 0 amide bonds. The van der Waals surface area contributed by atoms with Gasteiger partial charge in [-0.3, -0.25) is 10.2 Å². The minimum atomic E-state index is 0.580. The maximum Gasteiger partial charge on any atom is 0.156 e.